The van der Waals surface area contributed by atoms with Crippen LogP contribution in [0, 0.1) is 6.92 Å². The van der Waals surface area contributed by atoms with Crippen molar-refractivity contribution in [1.29, 1.82) is 0 Å². The van der Waals surface area contributed by atoms with Gasteiger partial charge in [0, 0.05) is 25.2 Å². The van der Waals surface area contributed by atoms with Crippen LogP contribution in [0.15, 0.2) is 18.2 Å². The predicted octanol–water partition coefficient (Wildman–Crippen LogP) is 1.20. The van der Waals surface area contributed by atoms with Crippen molar-refractivity contribution in [2.75, 3.05) is 50.9 Å². The summed E-state index contributed by atoms with van der Waals surface area (Å²) in [6.07, 6.45) is 0. The number of ether oxygens (including phenoxy) is 2. The second kappa shape index (κ2) is 7.37. The third-order valence-electron chi connectivity index (χ3n) is 4.63. The first-order valence-electron chi connectivity index (χ1n) is 8.93. The zero-order chi connectivity index (χ0) is 18.8. The Bertz CT molecular complexity index is 950. The number of nitrogens with one attached hydrogen (secondary N) is 1. The molecule has 0 unspecified atom stereocenters. The number of rotatable bonds is 5. The van der Waals surface area contributed by atoms with Crippen LogP contribution in [0.2, 0.25) is 0 Å². The van der Waals surface area contributed by atoms with E-state index in [1.807, 2.05) is 25.1 Å². The first-order valence-corrected chi connectivity index (χ1v) is 8.93. The number of imidazole rings is 1. The summed E-state index contributed by atoms with van der Waals surface area (Å²) in [6.45, 7) is 7.08. The molecule has 5 N–H and O–H groups in total. The highest BCUT2D eigenvalue weighted by atomic mass is 16.5. The largest absolute Gasteiger partial charge is 0.492 e. The molecule has 2 aromatic heterocycles. The molecule has 0 bridgehead atoms. The normalized spacial score (nSPS) is 15.3. The van der Waals surface area contributed by atoms with Crippen LogP contribution >= 0.6 is 0 Å². The molecule has 1 fully saturated rings. The molecule has 9 heteroatoms. The molecule has 9 nitrogen and oxygen atoms in total. The average molecular weight is 369 g/mol. The number of nitrogens with two attached hydrogens (primary N) is 2. The van der Waals surface area contributed by atoms with Gasteiger partial charge in [0.2, 0.25) is 5.95 Å². The number of nitrogen functional groups attached to an aromatic ring is 2. The lowest BCUT2D eigenvalue weighted by Gasteiger charge is -2.26. The van der Waals surface area contributed by atoms with Crippen molar-refractivity contribution < 1.29 is 9.47 Å². The van der Waals surface area contributed by atoms with Gasteiger partial charge in [-0.15, -0.1) is 0 Å². The van der Waals surface area contributed by atoms with E-state index in [9.17, 15) is 0 Å². The molecule has 0 amide bonds. The summed E-state index contributed by atoms with van der Waals surface area (Å²) < 4.78 is 11.3. The topological polar surface area (TPSA) is 128 Å². The Balaban J connectivity index is 1.47. The van der Waals surface area contributed by atoms with Gasteiger partial charge in [-0.3, -0.25) is 4.90 Å². The van der Waals surface area contributed by atoms with Gasteiger partial charge >= 0.3 is 0 Å². The molecular weight excluding hydrogens is 346 g/mol. The number of aryl methyl sites for hydroxylation is 1. The lowest BCUT2D eigenvalue weighted by atomic mass is 10.1. The van der Waals surface area contributed by atoms with Gasteiger partial charge in [0.15, 0.2) is 11.5 Å². The number of nitrogens with zero attached hydrogens (tertiary/aromatic N) is 4. The molecule has 1 saturated heterocycles. The Morgan fingerprint density at radius 3 is 2.78 bits per heavy atom. The third-order valence-corrected chi connectivity index (χ3v) is 4.63. The minimum atomic E-state index is 0.110. The number of morpholine rings is 1. The van der Waals surface area contributed by atoms with Gasteiger partial charge in [-0.25, -0.2) is 4.98 Å². The molecule has 0 saturated carbocycles. The van der Waals surface area contributed by atoms with Gasteiger partial charge in [-0.2, -0.15) is 9.97 Å². The molecule has 0 radical (unpaired) electrons. The molecule has 142 valence electrons. The van der Waals surface area contributed by atoms with Crippen LogP contribution < -0.4 is 16.2 Å². The summed E-state index contributed by atoms with van der Waals surface area (Å²) in [5, 5.41) is 0. The molecule has 3 aromatic rings. The summed E-state index contributed by atoms with van der Waals surface area (Å²) in [5.74, 6) is 1.91. The fraction of sp³-hybridized carbons (Fsp3) is 0.389. The number of fused-ring (bicyclic) bond motifs is 1. The Hall–Kier alpha value is -2.91. The molecule has 4 rings (SSSR count). The van der Waals surface area contributed by atoms with Gasteiger partial charge in [0.05, 0.1) is 13.2 Å². The number of H-pyrrole nitrogens is 1. The van der Waals surface area contributed by atoms with E-state index < -0.39 is 0 Å². The van der Waals surface area contributed by atoms with Gasteiger partial charge in [-0.1, -0.05) is 0 Å². The highest BCUT2D eigenvalue weighted by Crippen LogP contribution is 2.27. The third kappa shape index (κ3) is 3.79. The second-order valence-electron chi connectivity index (χ2n) is 6.53. The zero-order valence-corrected chi connectivity index (χ0v) is 15.2. The van der Waals surface area contributed by atoms with E-state index >= 15 is 0 Å². The quantitative estimate of drug-likeness (QED) is 0.612. The zero-order valence-electron chi connectivity index (χ0n) is 15.2. The van der Waals surface area contributed by atoms with Crippen molar-refractivity contribution in [3.63, 3.8) is 0 Å². The fourth-order valence-electron chi connectivity index (χ4n) is 3.17. The maximum atomic E-state index is 5.90. The number of aromatic nitrogens is 4. The van der Waals surface area contributed by atoms with Crippen molar-refractivity contribution in [3.05, 3.63) is 23.8 Å². The summed E-state index contributed by atoms with van der Waals surface area (Å²) in [5.41, 5.74) is 14.6. The highest BCUT2D eigenvalue weighted by molar-refractivity contribution is 5.85. The van der Waals surface area contributed by atoms with E-state index in [2.05, 4.69) is 24.8 Å². The molecular formula is C18H23N7O2. The Morgan fingerprint density at radius 1 is 1.19 bits per heavy atom. The smallest absolute Gasteiger partial charge is 0.224 e. The Kier molecular flexibility index (Phi) is 4.78. The first-order chi connectivity index (χ1) is 13.1. The average Bonchev–Trinajstić information content (AvgIpc) is 3.07. The van der Waals surface area contributed by atoms with Crippen LogP contribution in [0.3, 0.4) is 0 Å². The monoisotopic (exact) mass is 369 g/mol. The lowest BCUT2D eigenvalue weighted by molar-refractivity contribution is 0.0322. The number of aromatic amines is 1. The van der Waals surface area contributed by atoms with Crippen molar-refractivity contribution in [1.82, 2.24) is 24.8 Å². The standard InChI is InChI=1S/C18H23N7O2/c1-11-10-12(27-9-6-25-4-7-26-8-5-25)2-3-13(11)16-21-14-15(19)22-18(20)24-17(14)23-16/h2-3,10H,4-9H2,1H3,(H5,19,20,21,22,23,24). The molecule has 1 aliphatic rings. The van der Waals surface area contributed by atoms with Crippen molar-refractivity contribution in [3.8, 4) is 17.1 Å². The SMILES string of the molecule is Cc1cc(OCCN2CCOCC2)ccc1-c1nc2nc(N)nc(N)c2[nH]1. The van der Waals surface area contributed by atoms with Gasteiger partial charge < -0.3 is 25.9 Å². The van der Waals surface area contributed by atoms with Gasteiger partial charge in [0.1, 0.15) is 23.7 Å². The van der Waals surface area contributed by atoms with Crippen LogP contribution in [0.4, 0.5) is 11.8 Å². The number of anilines is 2. The van der Waals surface area contributed by atoms with Crippen LogP contribution in [-0.4, -0.2) is 64.3 Å². The minimum absolute atomic E-state index is 0.110. The van der Waals surface area contributed by atoms with Crippen LogP contribution in [0.1, 0.15) is 5.56 Å². The van der Waals surface area contributed by atoms with E-state index in [1.165, 1.54) is 0 Å². The van der Waals surface area contributed by atoms with E-state index in [0.717, 1.165) is 49.7 Å². The number of hydrogen-bond acceptors (Lipinski definition) is 8. The minimum Gasteiger partial charge on any atom is -0.492 e. The lowest BCUT2D eigenvalue weighted by Crippen LogP contribution is -2.38. The maximum Gasteiger partial charge on any atom is 0.224 e. The summed E-state index contributed by atoms with van der Waals surface area (Å²) in [4.78, 5) is 18.1. The van der Waals surface area contributed by atoms with Crippen molar-refractivity contribution in [2.24, 2.45) is 0 Å². The first kappa shape index (κ1) is 17.5. The molecule has 0 atom stereocenters. The van der Waals surface area contributed by atoms with E-state index in [-0.39, 0.29) is 11.8 Å². The number of hydrogen-bond donors (Lipinski definition) is 3. The molecule has 1 aliphatic heterocycles. The Labute approximate surface area is 156 Å². The Morgan fingerprint density at radius 2 is 2.00 bits per heavy atom. The van der Waals surface area contributed by atoms with Crippen molar-refractivity contribution >= 4 is 22.9 Å². The predicted molar refractivity (Wildman–Crippen MR) is 103 cm³/mol. The van der Waals surface area contributed by atoms with E-state index in [1.54, 1.807) is 0 Å². The molecule has 0 spiro atoms. The maximum absolute atomic E-state index is 5.90. The van der Waals surface area contributed by atoms with Crippen LogP contribution in [0.25, 0.3) is 22.6 Å². The van der Waals surface area contributed by atoms with Gasteiger partial charge in [0.25, 0.3) is 0 Å². The van der Waals surface area contributed by atoms with Gasteiger partial charge in [-0.05, 0) is 30.7 Å². The molecule has 1 aromatic carbocycles. The molecule has 27 heavy (non-hydrogen) atoms. The molecule has 3 heterocycles. The van der Waals surface area contributed by atoms with Crippen LogP contribution in [0.5, 0.6) is 5.75 Å². The van der Waals surface area contributed by atoms with E-state index in [4.69, 9.17) is 20.9 Å². The summed E-state index contributed by atoms with van der Waals surface area (Å²) in [7, 11) is 0. The van der Waals surface area contributed by atoms with E-state index in [0.29, 0.717) is 23.6 Å². The number of benzene rings is 1. The second-order valence-corrected chi connectivity index (χ2v) is 6.53. The fourth-order valence-corrected chi connectivity index (χ4v) is 3.17. The summed E-state index contributed by atoms with van der Waals surface area (Å²) >= 11 is 0. The molecule has 0 aliphatic carbocycles. The van der Waals surface area contributed by atoms with Crippen LogP contribution in [-0.2, 0) is 4.74 Å². The van der Waals surface area contributed by atoms with Crippen molar-refractivity contribution in [2.45, 2.75) is 6.92 Å². The summed E-state index contributed by atoms with van der Waals surface area (Å²) in [6, 6.07) is 5.92. The highest BCUT2D eigenvalue weighted by Gasteiger charge is 2.14.